The Morgan fingerprint density at radius 3 is 2.66 bits per heavy atom. The Morgan fingerprint density at radius 1 is 1.17 bits per heavy atom. The van der Waals surface area contributed by atoms with Gasteiger partial charge in [-0.1, -0.05) is 11.8 Å². The summed E-state index contributed by atoms with van der Waals surface area (Å²) in [5.41, 5.74) is 4.45. The number of fused-ring (bicyclic) bond motifs is 3. The summed E-state index contributed by atoms with van der Waals surface area (Å²) in [5.74, 6) is 0. The molecule has 0 saturated heterocycles. The first kappa shape index (κ1) is 18.6. The van der Waals surface area contributed by atoms with Crippen LogP contribution in [0.4, 0.5) is 0 Å². The molecule has 0 saturated carbocycles. The first-order chi connectivity index (χ1) is 14.0. The van der Waals surface area contributed by atoms with Crippen molar-refractivity contribution in [2.75, 3.05) is 6.26 Å². The first-order valence-electron chi connectivity index (χ1n) is 8.96. The molecule has 0 aliphatic carbocycles. The molecule has 0 unspecified atom stereocenters. The SMILES string of the molecule is CSc1nc2c(s1)c1cnn(Cc3csc(-n4c(C)ccc4C)n3)c(=O)c1n2C. The van der Waals surface area contributed by atoms with Gasteiger partial charge in [0.2, 0.25) is 0 Å². The molecule has 5 aromatic rings. The van der Waals surface area contributed by atoms with Crippen LogP contribution in [0.2, 0.25) is 0 Å². The fraction of sp³-hybridized carbons (Fsp3) is 0.263. The van der Waals surface area contributed by atoms with E-state index in [9.17, 15) is 4.79 Å². The van der Waals surface area contributed by atoms with E-state index in [-0.39, 0.29) is 5.56 Å². The van der Waals surface area contributed by atoms with Gasteiger partial charge in [-0.2, -0.15) is 5.10 Å². The molecule has 0 fully saturated rings. The van der Waals surface area contributed by atoms with Crippen molar-refractivity contribution in [3.63, 3.8) is 0 Å². The van der Waals surface area contributed by atoms with Gasteiger partial charge in [0.1, 0.15) is 5.52 Å². The van der Waals surface area contributed by atoms with Crippen LogP contribution in [0.15, 0.2) is 32.8 Å². The van der Waals surface area contributed by atoms with Gasteiger partial charge in [0, 0.05) is 29.2 Å². The van der Waals surface area contributed by atoms with Crippen LogP contribution in [-0.4, -0.2) is 35.1 Å². The third-order valence-electron chi connectivity index (χ3n) is 4.99. The molecule has 0 bridgehead atoms. The van der Waals surface area contributed by atoms with E-state index in [0.717, 1.165) is 42.3 Å². The number of thioether (sulfide) groups is 1. The van der Waals surface area contributed by atoms with Gasteiger partial charge >= 0.3 is 0 Å². The lowest BCUT2D eigenvalue weighted by molar-refractivity contribution is 0.634. The number of hydrogen-bond acceptors (Lipinski definition) is 7. The minimum Gasteiger partial charge on any atom is -0.323 e. The van der Waals surface area contributed by atoms with Crippen LogP contribution in [0.5, 0.6) is 0 Å². The van der Waals surface area contributed by atoms with E-state index in [1.54, 1.807) is 40.6 Å². The molecular weight excluding hydrogens is 424 g/mol. The van der Waals surface area contributed by atoms with E-state index in [4.69, 9.17) is 4.98 Å². The van der Waals surface area contributed by atoms with Crippen molar-refractivity contribution in [2.45, 2.75) is 24.7 Å². The summed E-state index contributed by atoms with van der Waals surface area (Å²) in [6, 6.07) is 4.15. The third kappa shape index (κ3) is 2.85. The summed E-state index contributed by atoms with van der Waals surface area (Å²) >= 11 is 4.78. The maximum absolute atomic E-state index is 13.1. The standard InChI is InChI=1S/C19H18N6OS3/c1-10-5-6-11(2)25(10)18-21-12(9-28-18)8-24-17(26)14-13(7-20-24)15-16(23(14)3)22-19(27-4)29-15/h5-7,9H,8H2,1-4H3. The lowest BCUT2D eigenvalue weighted by Crippen LogP contribution is -2.24. The normalized spacial score (nSPS) is 11.9. The Kier molecular flexibility index (Phi) is 4.37. The van der Waals surface area contributed by atoms with Crippen molar-refractivity contribution in [3.8, 4) is 5.13 Å². The van der Waals surface area contributed by atoms with Crippen molar-refractivity contribution in [1.82, 2.24) is 28.9 Å². The van der Waals surface area contributed by atoms with E-state index in [2.05, 4.69) is 40.6 Å². The Morgan fingerprint density at radius 2 is 1.93 bits per heavy atom. The Bertz CT molecular complexity index is 1410. The van der Waals surface area contributed by atoms with Crippen LogP contribution in [0.1, 0.15) is 17.1 Å². The van der Waals surface area contributed by atoms with Crippen LogP contribution in [0, 0.1) is 13.8 Å². The molecule has 5 aromatic heterocycles. The average molecular weight is 443 g/mol. The van der Waals surface area contributed by atoms with Gasteiger partial charge in [0.25, 0.3) is 5.56 Å². The number of thiazole rings is 2. The number of aromatic nitrogens is 6. The maximum Gasteiger partial charge on any atom is 0.291 e. The molecule has 0 spiro atoms. The van der Waals surface area contributed by atoms with Crippen molar-refractivity contribution in [3.05, 3.63) is 51.1 Å². The van der Waals surface area contributed by atoms with Gasteiger partial charge in [-0.05, 0) is 32.2 Å². The molecule has 7 nitrogen and oxygen atoms in total. The van der Waals surface area contributed by atoms with Gasteiger partial charge in [0.05, 0.1) is 23.1 Å². The molecule has 5 heterocycles. The van der Waals surface area contributed by atoms with E-state index in [0.29, 0.717) is 12.1 Å². The topological polar surface area (TPSA) is 70.5 Å². The minimum atomic E-state index is -0.122. The van der Waals surface area contributed by atoms with Crippen molar-refractivity contribution < 1.29 is 0 Å². The van der Waals surface area contributed by atoms with E-state index >= 15 is 0 Å². The predicted molar refractivity (Wildman–Crippen MR) is 120 cm³/mol. The quantitative estimate of drug-likeness (QED) is 0.394. The molecule has 148 valence electrons. The Hall–Kier alpha value is -2.43. The molecule has 29 heavy (non-hydrogen) atoms. The lowest BCUT2D eigenvalue weighted by atomic mass is 10.3. The van der Waals surface area contributed by atoms with E-state index in [1.165, 1.54) is 4.68 Å². The van der Waals surface area contributed by atoms with E-state index in [1.807, 2.05) is 23.3 Å². The van der Waals surface area contributed by atoms with Crippen molar-refractivity contribution in [2.24, 2.45) is 7.05 Å². The molecule has 0 aliphatic heterocycles. The molecule has 0 aliphatic rings. The second kappa shape index (κ2) is 6.82. The second-order valence-corrected chi connectivity index (χ2v) is 9.73. The molecule has 0 amide bonds. The number of nitrogens with zero attached hydrogens (tertiary/aromatic N) is 6. The highest BCUT2D eigenvalue weighted by atomic mass is 32.2. The summed E-state index contributed by atoms with van der Waals surface area (Å²) in [7, 11) is 1.89. The van der Waals surface area contributed by atoms with Crippen LogP contribution < -0.4 is 5.56 Å². The van der Waals surface area contributed by atoms with Crippen LogP contribution >= 0.6 is 34.4 Å². The highest BCUT2D eigenvalue weighted by molar-refractivity contribution is 8.00. The maximum atomic E-state index is 13.1. The summed E-state index contributed by atoms with van der Waals surface area (Å²) in [6.07, 6.45) is 3.78. The lowest BCUT2D eigenvalue weighted by Gasteiger charge is -2.05. The van der Waals surface area contributed by atoms with E-state index < -0.39 is 0 Å². The highest BCUT2D eigenvalue weighted by Crippen LogP contribution is 2.34. The van der Waals surface area contributed by atoms with Crippen LogP contribution in [-0.2, 0) is 13.6 Å². The number of hydrogen-bond donors (Lipinski definition) is 0. The highest BCUT2D eigenvalue weighted by Gasteiger charge is 2.18. The molecular formula is C19H18N6OS3. The fourth-order valence-corrected chi connectivity index (χ4v) is 6.10. The van der Waals surface area contributed by atoms with Gasteiger partial charge in [0.15, 0.2) is 15.1 Å². The zero-order valence-electron chi connectivity index (χ0n) is 16.3. The van der Waals surface area contributed by atoms with Gasteiger partial charge < -0.3 is 4.57 Å². The van der Waals surface area contributed by atoms with Crippen molar-refractivity contribution in [1.29, 1.82) is 0 Å². The Labute approximate surface area is 178 Å². The first-order valence-corrected chi connectivity index (χ1v) is 11.9. The predicted octanol–water partition coefficient (Wildman–Crippen LogP) is 3.98. The largest absolute Gasteiger partial charge is 0.323 e. The van der Waals surface area contributed by atoms with Crippen molar-refractivity contribution >= 4 is 55.7 Å². The third-order valence-corrected chi connectivity index (χ3v) is 7.93. The number of rotatable bonds is 4. The summed E-state index contributed by atoms with van der Waals surface area (Å²) in [4.78, 5) is 22.5. The monoisotopic (exact) mass is 442 g/mol. The van der Waals surface area contributed by atoms with Gasteiger partial charge in [-0.25, -0.2) is 14.6 Å². The molecule has 10 heteroatoms. The molecule has 0 radical (unpaired) electrons. The van der Waals surface area contributed by atoms with Gasteiger partial charge in [-0.15, -0.1) is 22.7 Å². The average Bonchev–Trinajstić information content (AvgIpc) is 3.44. The second-order valence-electron chi connectivity index (χ2n) is 6.84. The minimum absolute atomic E-state index is 0.122. The summed E-state index contributed by atoms with van der Waals surface area (Å²) in [6.45, 7) is 4.46. The molecule has 5 rings (SSSR count). The molecule has 0 aromatic carbocycles. The Balaban J connectivity index is 1.56. The zero-order valence-corrected chi connectivity index (χ0v) is 18.8. The summed E-state index contributed by atoms with van der Waals surface area (Å²) < 4.78 is 7.48. The van der Waals surface area contributed by atoms with Crippen LogP contribution in [0.25, 0.3) is 26.4 Å². The zero-order chi connectivity index (χ0) is 20.3. The summed E-state index contributed by atoms with van der Waals surface area (Å²) in [5, 5.41) is 8.18. The molecule has 0 N–H and O–H groups in total. The molecule has 0 atom stereocenters. The fourth-order valence-electron chi connectivity index (χ4n) is 3.57. The van der Waals surface area contributed by atoms with Gasteiger partial charge in [-0.3, -0.25) is 9.36 Å². The van der Waals surface area contributed by atoms with Crippen LogP contribution in [0.3, 0.4) is 0 Å². The number of aryl methyl sites for hydroxylation is 3. The smallest absolute Gasteiger partial charge is 0.291 e.